The van der Waals surface area contributed by atoms with Gasteiger partial charge in [-0.2, -0.15) is 18.4 Å². The van der Waals surface area contributed by atoms with Crippen molar-refractivity contribution in [2.24, 2.45) is 0 Å². The van der Waals surface area contributed by atoms with Crippen LogP contribution in [-0.2, 0) is 16.2 Å². The number of piperidine rings is 1. The molecule has 0 spiro atoms. The third-order valence-corrected chi connectivity index (χ3v) is 6.93. The fourth-order valence-corrected chi connectivity index (χ4v) is 4.71. The van der Waals surface area contributed by atoms with Crippen LogP contribution in [0.1, 0.15) is 29.8 Å². The van der Waals surface area contributed by atoms with Crippen LogP contribution in [-0.4, -0.2) is 62.6 Å². The number of halogens is 3. The van der Waals surface area contributed by atoms with Crippen LogP contribution in [0.5, 0.6) is 0 Å². The average molecular weight is 507 g/mol. The molecule has 0 bridgehead atoms. The van der Waals surface area contributed by atoms with E-state index in [2.05, 4.69) is 25.3 Å². The van der Waals surface area contributed by atoms with Crippen LogP contribution >= 0.6 is 0 Å². The summed E-state index contributed by atoms with van der Waals surface area (Å²) in [7, 11) is -3.30. The average Bonchev–Trinajstić information content (AvgIpc) is 3.28. The van der Waals surface area contributed by atoms with E-state index in [1.54, 1.807) is 13.0 Å². The first-order valence-corrected chi connectivity index (χ1v) is 12.4. The Morgan fingerprint density at radius 1 is 1.17 bits per heavy atom. The number of aryl methyl sites for hydroxylation is 1. The number of aromatic nitrogens is 5. The second-order valence-electron chi connectivity index (χ2n) is 8.11. The maximum absolute atomic E-state index is 13.7. The molecule has 184 valence electrons. The topological polar surface area (TPSA) is 130 Å². The zero-order chi connectivity index (χ0) is 25.4. The smallest absolute Gasteiger partial charge is 0.351 e. The van der Waals surface area contributed by atoms with Gasteiger partial charge in [-0.1, -0.05) is 0 Å². The van der Waals surface area contributed by atoms with Crippen LogP contribution in [0.25, 0.3) is 17.1 Å². The molecular weight excluding hydrogens is 485 g/mol. The van der Waals surface area contributed by atoms with E-state index in [1.807, 2.05) is 6.07 Å². The Labute approximate surface area is 199 Å². The van der Waals surface area contributed by atoms with Crippen LogP contribution in [0.15, 0.2) is 30.9 Å². The van der Waals surface area contributed by atoms with E-state index in [-0.39, 0.29) is 29.1 Å². The zero-order valence-corrected chi connectivity index (χ0v) is 19.6. The first-order chi connectivity index (χ1) is 16.5. The van der Waals surface area contributed by atoms with Crippen molar-refractivity contribution in [1.29, 1.82) is 5.26 Å². The molecular formula is C21H21F3N8O2S. The van der Waals surface area contributed by atoms with Crippen molar-refractivity contribution in [2.75, 3.05) is 24.7 Å². The number of nitrogens with zero attached hydrogens (tertiary/aromatic N) is 7. The summed E-state index contributed by atoms with van der Waals surface area (Å²) in [5.41, 5.74) is -0.148. The molecule has 4 heterocycles. The van der Waals surface area contributed by atoms with Gasteiger partial charge >= 0.3 is 6.18 Å². The molecule has 35 heavy (non-hydrogen) atoms. The van der Waals surface area contributed by atoms with Gasteiger partial charge in [-0.05, 0) is 31.9 Å². The summed E-state index contributed by atoms with van der Waals surface area (Å²) in [6.45, 7) is 2.28. The van der Waals surface area contributed by atoms with Gasteiger partial charge in [0.2, 0.25) is 16.0 Å². The van der Waals surface area contributed by atoms with Gasteiger partial charge in [-0.3, -0.25) is 0 Å². The van der Waals surface area contributed by atoms with Gasteiger partial charge in [0.15, 0.2) is 0 Å². The number of nitriles is 1. The van der Waals surface area contributed by atoms with Gasteiger partial charge in [0.25, 0.3) is 0 Å². The third-order valence-electron chi connectivity index (χ3n) is 5.63. The summed E-state index contributed by atoms with van der Waals surface area (Å²) in [6.07, 6.45) is 0.831. The molecule has 1 saturated heterocycles. The summed E-state index contributed by atoms with van der Waals surface area (Å²) >= 11 is 0. The highest BCUT2D eigenvalue weighted by molar-refractivity contribution is 7.88. The number of hydrogen-bond donors (Lipinski definition) is 1. The molecule has 3 aromatic rings. The Kier molecular flexibility index (Phi) is 6.48. The predicted molar refractivity (Wildman–Crippen MR) is 120 cm³/mol. The highest BCUT2D eigenvalue weighted by Gasteiger charge is 2.36. The SMILES string of the molecule is Cc1nc(C#N)ccc1-n1cnc(-c2nc(NC3CCN(S(C)(=O)=O)CC3)ncc2C(F)(F)F)c1. The van der Waals surface area contributed by atoms with Gasteiger partial charge in [0, 0.05) is 31.5 Å². The molecule has 0 amide bonds. The minimum Gasteiger partial charge on any atom is -0.351 e. The maximum Gasteiger partial charge on any atom is 0.420 e. The van der Waals surface area contributed by atoms with Crippen LogP contribution in [0.4, 0.5) is 19.1 Å². The van der Waals surface area contributed by atoms with E-state index in [4.69, 9.17) is 5.26 Å². The van der Waals surface area contributed by atoms with E-state index >= 15 is 0 Å². The minimum atomic E-state index is -4.70. The lowest BCUT2D eigenvalue weighted by Gasteiger charge is -2.30. The summed E-state index contributed by atoms with van der Waals surface area (Å²) < 4.78 is 67.4. The molecule has 0 unspecified atom stereocenters. The van der Waals surface area contributed by atoms with Gasteiger partial charge in [0.1, 0.15) is 35.0 Å². The molecule has 0 radical (unpaired) electrons. The number of imidazole rings is 1. The summed E-state index contributed by atoms with van der Waals surface area (Å²) in [5, 5.41) is 12.0. The van der Waals surface area contributed by atoms with Crippen molar-refractivity contribution >= 4 is 16.0 Å². The molecule has 1 fully saturated rings. The molecule has 4 rings (SSSR count). The summed E-state index contributed by atoms with van der Waals surface area (Å²) in [4.78, 5) is 16.2. The van der Waals surface area contributed by atoms with Gasteiger partial charge in [-0.15, -0.1) is 0 Å². The molecule has 0 saturated carbocycles. The highest BCUT2D eigenvalue weighted by atomic mass is 32.2. The van der Waals surface area contributed by atoms with Crippen molar-refractivity contribution in [2.45, 2.75) is 32.0 Å². The fourth-order valence-electron chi connectivity index (χ4n) is 3.83. The summed E-state index contributed by atoms with van der Waals surface area (Å²) in [6, 6.07) is 4.88. The second-order valence-corrected chi connectivity index (χ2v) is 10.1. The Morgan fingerprint density at radius 3 is 2.49 bits per heavy atom. The van der Waals surface area contributed by atoms with E-state index in [0.717, 1.165) is 6.26 Å². The highest BCUT2D eigenvalue weighted by Crippen LogP contribution is 2.36. The number of pyridine rings is 1. The van der Waals surface area contributed by atoms with Crippen molar-refractivity contribution in [3.05, 3.63) is 47.8 Å². The van der Waals surface area contributed by atoms with E-state index in [1.165, 1.54) is 27.5 Å². The Morgan fingerprint density at radius 2 is 1.89 bits per heavy atom. The maximum atomic E-state index is 13.7. The van der Waals surface area contributed by atoms with Crippen molar-refractivity contribution < 1.29 is 21.6 Å². The first kappa shape index (κ1) is 24.6. The quantitative estimate of drug-likeness (QED) is 0.559. The number of sulfonamides is 1. The van der Waals surface area contributed by atoms with Crippen LogP contribution in [0.2, 0.25) is 0 Å². The number of alkyl halides is 3. The van der Waals surface area contributed by atoms with E-state index in [9.17, 15) is 21.6 Å². The summed E-state index contributed by atoms with van der Waals surface area (Å²) in [5.74, 6) is -0.00317. The number of nitrogens with one attached hydrogen (secondary N) is 1. The second kappa shape index (κ2) is 9.23. The molecule has 1 N–H and O–H groups in total. The Bertz CT molecular complexity index is 1390. The van der Waals surface area contributed by atoms with E-state index < -0.39 is 21.8 Å². The predicted octanol–water partition coefficient (Wildman–Crippen LogP) is 2.76. The third kappa shape index (κ3) is 5.41. The van der Waals surface area contributed by atoms with Gasteiger partial charge in [0.05, 0.1) is 17.6 Å². The normalized spacial score (nSPS) is 15.7. The molecule has 10 nitrogen and oxygen atoms in total. The van der Waals surface area contributed by atoms with Gasteiger partial charge in [-0.25, -0.2) is 32.7 Å². The molecule has 0 aromatic carbocycles. The minimum absolute atomic E-state index is 0.00317. The van der Waals surface area contributed by atoms with Crippen molar-refractivity contribution in [3.63, 3.8) is 0 Å². The van der Waals surface area contributed by atoms with Crippen LogP contribution in [0, 0.1) is 18.3 Å². The lowest BCUT2D eigenvalue weighted by molar-refractivity contribution is -0.137. The fraction of sp³-hybridized carbons (Fsp3) is 0.381. The monoisotopic (exact) mass is 506 g/mol. The molecule has 14 heteroatoms. The Balaban J connectivity index is 1.62. The standard InChI is InChI=1S/C21H21F3N8O2S/c1-13-18(4-3-15(9-25)28-13)31-11-17(27-12-31)19-16(21(22,23)24)10-26-20(30-19)29-14-5-7-32(8-6-14)35(2,33)34/h3-4,10-12,14H,5-8H2,1-2H3,(H,26,29,30). The lowest BCUT2D eigenvalue weighted by atomic mass is 10.1. The molecule has 3 aromatic heterocycles. The molecule has 1 aliphatic heterocycles. The van der Waals surface area contributed by atoms with Crippen molar-refractivity contribution in [1.82, 2.24) is 28.8 Å². The molecule has 0 aliphatic carbocycles. The first-order valence-electron chi connectivity index (χ1n) is 10.5. The van der Waals surface area contributed by atoms with Crippen molar-refractivity contribution in [3.8, 4) is 23.1 Å². The number of rotatable bonds is 5. The van der Waals surface area contributed by atoms with Crippen LogP contribution in [0.3, 0.4) is 0 Å². The number of hydrogen-bond acceptors (Lipinski definition) is 8. The Hall–Kier alpha value is -3.57. The largest absolute Gasteiger partial charge is 0.420 e. The van der Waals surface area contributed by atoms with Gasteiger partial charge < -0.3 is 9.88 Å². The zero-order valence-electron chi connectivity index (χ0n) is 18.8. The lowest BCUT2D eigenvalue weighted by Crippen LogP contribution is -2.42. The van der Waals surface area contributed by atoms with E-state index in [0.29, 0.717) is 43.5 Å². The molecule has 0 atom stereocenters. The van der Waals surface area contributed by atoms with Crippen LogP contribution < -0.4 is 5.32 Å². The number of anilines is 1. The molecule has 1 aliphatic rings.